The van der Waals surface area contributed by atoms with Crippen LogP contribution in [0.15, 0.2) is 16.5 Å². The van der Waals surface area contributed by atoms with Crippen molar-refractivity contribution in [2.24, 2.45) is 5.92 Å². The summed E-state index contributed by atoms with van der Waals surface area (Å²) < 4.78 is 10.8. The third-order valence-electron chi connectivity index (χ3n) is 2.70. The molecule has 2 atom stereocenters. The van der Waals surface area contributed by atoms with Crippen LogP contribution >= 0.6 is 0 Å². The number of hydrogen-bond donors (Lipinski definition) is 1. The highest BCUT2D eigenvalue weighted by atomic mass is 16.6. The molecule has 1 fully saturated rings. The second kappa shape index (κ2) is 3.41. The molecule has 2 unspecified atom stereocenters. The van der Waals surface area contributed by atoms with Gasteiger partial charge >= 0.3 is 0 Å². The Kier molecular flexibility index (Phi) is 2.37. The molecule has 2 heterocycles. The minimum atomic E-state index is -1.20. The van der Waals surface area contributed by atoms with Gasteiger partial charge in [-0.3, -0.25) is 0 Å². The summed E-state index contributed by atoms with van der Waals surface area (Å²) in [6.45, 7) is 4.57. The molecule has 0 bridgehead atoms. The zero-order valence-corrected chi connectivity index (χ0v) is 8.62. The smallest absolute Gasteiger partial charge is 0.226 e. The van der Waals surface area contributed by atoms with Gasteiger partial charge in [-0.25, -0.2) is 0 Å². The normalized spacial score (nSPS) is 33.2. The van der Waals surface area contributed by atoms with E-state index in [1.54, 1.807) is 6.07 Å². The number of rotatable bonds is 1. The van der Waals surface area contributed by atoms with Crippen LogP contribution in [0.5, 0.6) is 0 Å². The predicted octanol–water partition coefficient (Wildman–Crippen LogP) is 2.18. The molecule has 0 amide bonds. The number of furan rings is 1. The van der Waals surface area contributed by atoms with Gasteiger partial charge < -0.3 is 14.3 Å². The molecule has 0 aromatic carbocycles. The standard InChI is InChI=1S/C11H16O3/c1-8-5-6-13-11(12,7-8)10-4-3-9(2)14-10/h3-4,8,12H,5-7H2,1-2H3. The average molecular weight is 196 g/mol. The first-order chi connectivity index (χ1) is 6.60. The van der Waals surface area contributed by atoms with E-state index in [9.17, 15) is 5.11 Å². The van der Waals surface area contributed by atoms with Gasteiger partial charge in [-0.05, 0) is 31.4 Å². The van der Waals surface area contributed by atoms with Crippen LogP contribution in [0.25, 0.3) is 0 Å². The third kappa shape index (κ3) is 1.70. The second-order valence-electron chi connectivity index (χ2n) is 4.14. The van der Waals surface area contributed by atoms with E-state index < -0.39 is 5.79 Å². The van der Waals surface area contributed by atoms with Crippen molar-refractivity contribution in [1.29, 1.82) is 0 Å². The summed E-state index contributed by atoms with van der Waals surface area (Å²) in [5, 5.41) is 10.2. The zero-order valence-electron chi connectivity index (χ0n) is 8.62. The molecule has 0 aliphatic carbocycles. The van der Waals surface area contributed by atoms with E-state index in [4.69, 9.17) is 9.15 Å². The van der Waals surface area contributed by atoms with E-state index in [1.165, 1.54) is 0 Å². The van der Waals surface area contributed by atoms with Crippen molar-refractivity contribution in [3.63, 3.8) is 0 Å². The summed E-state index contributed by atoms with van der Waals surface area (Å²) in [5.41, 5.74) is 0. The van der Waals surface area contributed by atoms with Crippen molar-refractivity contribution < 1.29 is 14.3 Å². The lowest BCUT2D eigenvalue weighted by atomic mass is 9.94. The summed E-state index contributed by atoms with van der Waals surface area (Å²) in [7, 11) is 0. The van der Waals surface area contributed by atoms with Crippen molar-refractivity contribution in [2.75, 3.05) is 6.61 Å². The molecule has 0 spiro atoms. The fourth-order valence-corrected chi connectivity index (χ4v) is 1.88. The molecule has 78 valence electrons. The van der Waals surface area contributed by atoms with E-state index in [0.717, 1.165) is 12.2 Å². The van der Waals surface area contributed by atoms with Crippen LogP contribution in [-0.4, -0.2) is 11.7 Å². The molecule has 1 saturated heterocycles. The van der Waals surface area contributed by atoms with Gasteiger partial charge in [-0.15, -0.1) is 0 Å². The van der Waals surface area contributed by atoms with Crippen molar-refractivity contribution in [3.8, 4) is 0 Å². The van der Waals surface area contributed by atoms with Gasteiger partial charge in [-0.2, -0.15) is 0 Å². The Bertz CT molecular complexity index is 318. The second-order valence-corrected chi connectivity index (χ2v) is 4.14. The highest BCUT2D eigenvalue weighted by Crippen LogP contribution is 2.35. The van der Waals surface area contributed by atoms with Crippen LogP contribution in [0, 0.1) is 12.8 Å². The monoisotopic (exact) mass is 196 g/mol. The number of aryl methyl sites for hydroxylation is 1. The molecule has 2 rings (SSSR count). The van der Waals surface area contributed by atoms with E-state index in [2.05, 4.69) is 6.92 Å². The predicted molar refractivity (Wildman–Crippen MR) is 51.7 cm³/mol. The lowest BCUT2D eigenvalue weighted by Crippen LogP contribution is -2.36. The average Bonchev–Trinajstić information content (AvgIpc) is 2.52. The van der Waals surface area contributed by atoms with Gasteiger partial charge in [0.15, 0.2) is 5.76 Å². The largest absolute Gasteiger partial charge is 0.461 e. The van der Waals surface area contributed by atoms with Crippen LogP contribution in [0.2, 0.25) is 0 Å². The lowest BCUT2D eigenvalue weighted by molar-refractivity contribution is -0.253. The Labute approximate surface area is 83.7 Å². The molecule has 1 aliphatic heterocycles. The van der Waals surface area contributed by atoms with Gasteiger partial charge in [0.05, 0.1) is 6.61 Å². The van der Waals surface area contributed by atoms with E-state index >= 15 is 0 Å². The fraction of sp³-hybridized carbons (Fsp3) is 0.636. The molecule has 14 heavy (non-hydrogen) atoms. The van der Waals surface area contributed by atoms with Crippen LogP contribution in [0.4, 0.5) is 0 Å². The van der Waals surface area contributed by atoms with E-state index in [0.29, 0.717) is 24.7 Å². The van der Waals surface area contributed by atoms with Gasteiger partial charge in [0.1, 0.15) is 5.76 Å². The first kappa shape index (κ1) is 9.74. The van der Waals surface area contributed by atoms with Gasteiger partial charge in [-0.1, -0.05) is 6.92 Å². The molecule has 1 N–H and O–H groups in total. The molecule has 0 radical (unpaired) electrons. The molecule has 3 nitrogen and oxygen atoms in total. The Morgan fingerprint density at radius 1 is 1.50 bits per heavy atom. The first-order valence-electron chi connectivity index (χ1n) is 5.03. The van der Waals surface area contributed by atoms with Crippen LogP contribution < -0.4 is 0 Å². The SMILES string of the molecule is Cc1ccc(C2(O)CC(C)CCO2)o1. The number of aliphatic hydroxyl groups is 1. The Balaban J connectivity index is 2.22. The summed E-state index contributed by atoms with van der Waals surface area (Å²) in [4.78, 5) is 0. The molecule has 1 aromatic rings. The van der Waals surface area contributed by atoms with Crippen molar-refractivity contribution >= 4 is 0 Å². The molecular formula is C11H16O3. The summed E-state index contributed by atoms with van der Waals surface area (Å²) in [5.74, 6) is 0.599. The maximum Gasteiger partial charge on any atom is 0.226 e. The Hall–Kier alpha value is -0.800. The Morgan fingerprint density at radius 2 is 2.29 bits per heavy atom. The van der Waals surface area contributed by atoms with Crippen LogP contribution in [0.1, 0.15) is 31.3 Å². The summed E-state index contributed by atoms with van der Waals surface area (Å²) in [6, 6.07) is 3.63. The molecule has 0 saturated carbocycles. The quantitative estimate of drug-likeness (QED) is 0.748. The fourth-order valence-electron chi connectivity index (χ4n) is 1.88. The number of ether oxygens (including phenoxy) is 1. The molecule has 1 aliphatic rings. The summed E-state index contributed by atoms with van der Waals surface area (Å²) >= 11 is 0. The highest BCUT2D eigenvalue weighted by molar-refractivity contribution is 5.11. The van der Waals surface area contributed by atoms with Crippen molar-refractivity contribution in [1.82, 2.24) is 0 Å². The third-order valence-corrected chi connectivity index (χ3v) is 2.70. The summed E-state index contributed by atoms with van der Waals surface area (Å²) in [6.07, 6.45) is 1.61. The van der Waals surface area contributed by atoms with Gasteiger partial charge in [0, 0.05) is 6.42 Å². The van der Waals surface area contributed by atoms with Crippen LogP contribution in [0.3, 0.4) is 0 Å². The van der Waals surface area contributed by atoms with Crippen molar-refractivity contribution in [3.05, 3.63) is 23.7 Å². The highest BCUT2D eigenvalue weighted by Gasteiger charge is 2.38. The first-order valence-corrected chi connectivity index (χ1v) is 5.03. The van der Waals surface area contributed by atoms with Gasteiger partial charge in [0.2, 0.25) is 5.79 Å². The minimum absolute atomic E-state index is 0.471. The van der Waals surface area contributed by atoms with Crippen molar-refractivity contribution in [2.45, 2.75) is 32.5 Å². The number of hydrogen-bond acceptors (Lipinski definition) is 3. The molecule has 1 aromatic heterocycles. The van der Waals surface area contributed by atoms with E-state index in [-0.39, 0.29) is 0 Å². The Morgan fingerprint density at radius 3 is 2.86 bits per heavy atom. The minimum Gasteiger partial charge on any atom is -0.461 e. The lowest BCUT2D eigenvalue weighted by Gasteiger charge is -2.33. The van der Waals surface area contributed by atoms with E-state index in [1.807, 2.05) is 13.0 Å². The molecular weight excluding hydrogens is 180 g/mol. The molecule has 3 heteroatoms. The topological polar surface area (TPSA) is 42.6 Å². The van der Waals surface area contributed by atoms with Gasteiger partial charge in [0.25, 0.3) is 0 Å². The zero-order chi connectivity index (χ0) is 10.2. The maximum absolute atomic E-state index is 10.2. The van der Waals surface area contributed by atoms with Crippen LogP contribution in [-0.2, 0) is 10.5 Å². The maximum atomic E-state index is 10.2.